The molecular weight excluding hydrogens is 407 g/mol. The van der Waals surface area contributed by atoms with E-state index in [1.807, 2.05) is 13.8 Å². The standard InChI is InChI=1S/C23H30F3N3O2/c1-16(2)20-13-21(31-27-20)22(30)28(3)14-18-7-5-10-29(15-18)11-9-17-6-4-8-19(12-17)23(24,25)26/h4,6,8,12-13,16,18H,5,7,9-11,14-15H2,1-3H3. The van der Waals surface area contributed by atoms with Crippen LogP contribution in [0.1, 0.15) is 60.0 Å². The van der Waals surface area contributed by atoms with Gasteiger partial charge in [0.1, 0.15) is 0 Å². The number of piperidine rings is 1. The van der Waals surface area contributed by atoms with Crippen molar-refractivity contribution < 1.29 is 22.5 Å². The molecule has 1 aromatic carbocycles. The highest BCUT2D eigenvalue weighted by Crippen LogP contribution is 2.29. The van der Waals surface area contributed by atoms with Crippen molar-refractivity contribution in [3.8, 4) is 0 Å². The van der Waals surface area contributed by atoms with Gasteiger partial charge < -0.3 is 14.3 Å². The molecule has 3 rings (SSSR count). The van der Waals surface area contributed by atoms with Gasteiger partial charge in [-0.05, 0) is 49.3 Å². The number of carbonyl (C=O) groups excluding carboxylic acids is 1. The van der Waals surface area contributed by atoms with Gasteiger partial charge in [-0.1, -0.05) is 37.2 Å². The fourth-order valence-electron chi connectivity index (χ4n) is 4.01. The van der Waals surface area contributed by atoms with Gasteiger partial charge in [0, 0.05) is 32.7 Å². The van der Waals surface area contributed by atoms with E-state index in [1.165, 1.54) is 12.1 Å². The molecule has 8 heteroatoms. The SMILES string of the molecule is CC(C)c1cc(C(=O)N(C)CC2CCCN(CCc3cccc(C(F)(F)F)c3)C2)on1. The number of rotatable bonds is 7. The molecule has 170 valence electrons. The number of aromatic nitrogens is 1. The zero-order chi connectivity index (χ0) is 22.6. The lowest BCUT2D eigenvalue weighted by Gasteiger charge is -2.34. The third-order valence-electron chi connectivity index (χ3n) is 5.78. The predicted molar refractivity (Wildman–Crippen MR) is 112 cm³/mol. The molecule has 1 aliphatic heterocycles. The van der Waals surface area contributed by atoms with E-state index in [0.29, 0.717) is 31.0 Å². The molecule has 1 unspecified atom stereocenters. The molecule has 1 aliphatic rings. The van der Waals surface area contributed by atoms with Gasteiger partial charge in [0.05, 0.1) is 11.3 Å². The molecule has 0 radical (unpaired) electrons. The van der Waals surface area contributed by atoms with E-state index in [1.54, 1.807) is 24.1 Å². The van der Waals surface area contributed by atoms with E-state index in [4.69, 9.17) is 4.52 Å². The van der Waals surface area contributed by atoms with Crippen LogP contribution >= 0.6 is 0 Å². The Bertz CT molecular complexity index is 879. The number of benzene rings is 1. The van der Waals surface area contributed by atoms with Gasteiger partial charge >= 0.3 is 6.18 Å². The first-order chi connectivity index (χ1) is 14.6. The van der Waals surface area contributed by atoms with Gasteiger partial charge in [-0.25, -0.2) is 0 Å². The Hall–Kier alpha value is -2.35. The van der Waals surface area contributed by atoms with Crippen LogP contribution in [0.15, 0.2) is 34.9 Å². The third-order valence-corrected chi connectivity index (χ3v) is 5.78. The van der Waals surface area contributed by atoms with Crippen LogP contribution < -0.4 is 0 Å². The first kappa shape index (κ1) is 23.3. The van der Waals surface area contributed by atoms with Crippen molar-refractivity contribution in [1.82, 2.24) is 15.0 Å². The predicted octanol–water partition coefficient (Wildman–Crippen LogP) is 4.84. The maximum absolute atomic E-state index is 12.9. The van der Waals surface area contributed by atoms with Crippen LogP contribution in [0, 0.1) is 5.92 Å². The number of carbonyl (C=O) groups is 1. The molecule has 1 atom stereocenters. The largest absolute Gasteiger partial charge is 0.416 e. The molecule has 1 fully saturated rings. The number of nitrogens with zero attached hydrogens (tertiary/aromatic N) is 3. The van der Waals surface area contributed by atoms with Crippen LogP contribution in [0.3, 0.4) is 0 Å². The van der Waals surface area contributed by atoms with Gasteiger partial charge in [-0.2, -0.15) is 13.2 Å². The Morgan fingerprint density at radius 1 is 1.32 bits per heavy atom. The summed E-state index contributed by atoms with van der Waals surface area (Å²) in [5, 5.41) is 3.95. The molecule has 0 bridgehead atoms. The minimum Gasteiger partial charge on any atom is -0.351 e. The van der Waals surface area contributed by atoms with Crippen molar-refractivity contribution >= 4 is 5.91 Å². The van der Waals surface area contributed by atoms with Crippen LogP contribution in [0.25, 0.3) is 0 Å². The van der Waals surface area contributed by atoms with E-state index in [9.17, 15) is 18.0 Å². The molecule has 0 saturated carbocycles. The van der Waals surface area contributed by atoms with Gasteiger partial charge in [0.2, 0.25) is 5.76 Å². The number of halogens is 3. The summed E-state index contributed by atoms with van der Waals surface area (Å²) < 4.78 is 43.9. The van der Waals surface area contributed by atoms with Gasteiger partial charge in [-0.15, -0.1) is 0 Å². The summed E-state index contributed by atoms with van der Waals surface area (Å²) in [5.74, 6) is 0.583. The van der Waals surface area contributed by atoms with Crippen molar-refractivity contribution in [2.75, 3.05) is 33.2 Å². The smallest absolute Gasteiger partial charge is 0.351 e. The molecule has 1 amide bonds. The molecule has 1 saturated heterocycles. The lowest BCUT2D eigenvalue weighted by Crippen LogP contribution is -2.42. The molecule has 2 heterocycles. The maximum Gasteiger partial charge on any atom is 0.416 e. The molecule has 0 spiro atoms. The first-order valence-electron chi connectivity index (χ1n) is 10.7. The normalized spacial score (nSPS) is 17.8. The van der Waals surface area contributed by atoms with E-state index in [-0.39, 0.29) is 17.6 Å². The number of hydrogen-bond acceptors (Lipinski definition) is 4. The van der Waals surface area contributed by atoms with E-state index in [2.05, 4.69) is 10.1 Å². The zero-order valence-corrected chi connectivity index (χ0v) is 18.3. The minimum absolute atomic E-state index is 0.180. The molecule has 31 heavy (non-hydrogen) atoms. The van der Waals surface area contributed by atoms with Crippen molar-refractivity contribution in [2.24, 2.45) is 5.92 Å². The van der Waals surface area contributed by atoms with Crippen molar-refractivity contribution in [1.29, 1.82) is 0 Å². The summed E-state index contributed by atoms with van der Waals surface area (Å²) in [5.41, 5.74) is 0.848. The minimum atomic E-state index is -4.32. The average molecular weight is 438 g/mol. The summed E-state index contributed by atoms with van der Waals surface area (Å²) in [6.45, 7) is 7.04. The third kappa shape index (κ3) is 6.32. The lowest BCUT2D eigenvalue weighted by atomic mass is 9.97. The Balaban J connectivity index is 1.51. The second-order valence-electron chi connectivity index (χ2n) is 8.71. The van der Waals surface area contributed by atoms with Crippen LogP contribution in [-0.4, -0.2) is 54.1 Å². The fourth-order valence-corrected chi connectivity index (χ4v) is 4.01. The van der Waals surface area contributed by atoms with Crippen LogP contribution in [0.5, 0.6) is 0 Å². The van der Waals surface area contributed by atoms with Crippen molar-refractivity contribution in [3.05, 3.63) is 52.9 Å². The zero-order valence-electron chi connectivity index (χ0n) is 18.3. The molecular formula is C23H30F3N3O2. The van der Waals surface area contributed by atoms with Gasteiger partial charge in [-0.3, -0.25) is 4.79 Å². The highest BCUT2D eigenvalue weighted by Gasteiger charge is 2.30. The Morgan fingerprint density at radius 3 is 2.77 bits per heavy atom. The van der Waals surface area contributed by atoms with Crippen molar-refractivity contribution in [3.63, 3.8) is 0 Å². The monoisotopic (exact) mass is 437 g/mol. The number of likely N-dealkylation sites (tertiary alicyclic amines) is 1. The van der Waals surface area contributed by atoms with Gasteiger partial charge in [0.25, 0.3) is 5.91 Å². The van der Waals surface area contributed by atoms with Crippen LogP contribution in [-0.2, 0) is 12.6 Å². The Labute approximate surface area is 181 Å². The topological polar surface area (TPSA) is 49.6 Å². The summed E-state index contributed by atoms with van der Waals surface area (Å²) in [4.78, 5) is 16.6. The molecule has 5 nitrogen and oxygen atoms in total. The molecule has 0 aliphatic carbocycles. The van der Waals surface area contributed by atoms with Crippen LogP contribution in [0.4, 0.5) is 13.2 Å². The summed E-state index contributed by atoms with van der Waals surface area (Å²) >= 11 is 0. The lowest BCUT2D eigenvalue weighted by molar-refractivity contribution is -0.137. The molecule has 1 aromatic heterocycles. The summed E-state index contributed by atoms with van der Waals surface area (Å²) in [6.07, 6.45) is -1.72. The van der Waals surface area contributed by atoms with E-state index < -0.39 is 11.7 Å². The maximum atomic E-state index is 12.9. The fraction of sp³-hybridized carbons (Fsp3) is 0.565. The molecule has 0 N–H and O–H groups in total. The number of hydrogen-bond donors (Lipinski definition) is 0. The first-order valence-corrected chi connectivity index (χ1v) is 10.7. The quantitative estimate of drug-likeness (QED) is 0.622. The number of amides is 1. The average Bonchev–Trinajstić information content (AvgIpc) is 3.22. The summed E-state index contributed by atoms with van der Waals surface area (Å²) in [7, 11) is 1.77. The molecule has 2 aromatic rings. The van der Waals surface area contributed by atoms with Gasteiger partial charge in [0.15, 0.2) is 0 Å². The Morgan fingerprint density at radius 2 is 2.10 bits per heavy atom. The second-order valence-corrected chi connectivity index (χ2v) is 8.71. The number of alkyl halides is 3. The van der Waals surface area contributed by atoms with Crippen LogP contribution in [0.2, 0.25) is 0 Å². The highest BCUT2D eigenvalue weighted by atomic mass is 19.4. The summed E-state index contributed by atoms with van der Waals surface area (Å²) in [6, 6.07) is 7.24. The van der Waals surface area contributed by atoms with Crippen molar-refractivity contribution in [2.45, 2.75) is 45.2 Å². The highest BCUT2D eigenvalue weighted by molar-refractivity contribution is 5.91. The van der Waals surface area contributed by atoms with E-state index in [0.717, 1.165) is 37.7 Å². The second kappa shape index (κ2) is 9.85. The Kier molecular flexibility index (Phi) is 7.41. The van der Waals surface area contributed by atoms with E-state index >= 15 is 0 Å².